The van der Waals surface area contributed by atoms with Gasteiger partial charge in [-0.1, -0.05) is 51.5 Å². The third-order valence-corrected chi connectivity index (χ3v) is 7.89. The minimum absolute atomic E-state index is 0.0302. The van der Waals surface area contributed by atoms with Crippen LogP contribution in [0.2, 0.25) is 0 Å². The van der Waals surface area contributed by atoms with Gasteiger partial charge in [0, 0.05) is 68.8 Å². The molecule has 2 aliphatic heterocycles. The van der Waals surface area contributed by atoms with Crippen LogP contribution in [0.3, 0.4) is 0 Å². The highest BCUT2D eigenvalue weighted by Gasteiger charge is 2.27. The van der Waals surface area contributed by atoms with Crippen LogP contribution < -0.4 is 11.1 Å². The SMILES string of the molecule is C=CNC(=NCCN1CCN(C)CC1)c1cccc(C(C)(F)F)c1C.C=O.C=O.CC.CC(=O)C1CCCC1.CC1=C(C)N=C(N)C1. The van der Waals surface area contributed by atoms with E-state index < -0.39 is 5.92 Å². The summed E-state index contributed by atoms with van der Waals surface area (Å²) in [5.74, 6) is -0.718. The van der Waals surface area contributed by atoms with E-state index in [-0.39, 0.29) is 5.56 Å². The zero-order valence-electron chi connectivity index (χ0n) is 30.1. The van der Waals surface area contributed by atoms with Crippen LogP contribution in [0.5, 0.6) is 0 Å². The van der Waals surface area contributed by atoms with Gasteiger partial charge in [-0.2, -0.15) is 0 Å². The topological polar surface area (TPSA) is 120 Å². The van der Waals surface area contributed by atoms with Crippen molar-refractivity contribution in [3.63, 3.8) is 0 Å². The van der Waals surface area contributed by atoms with E-state index >= 15 is 0 Å². The summed E-state index contributed by atoms with van der Waals surface area (Å²) in [4.78, 5) is 40.0. The fourth-order valence-electron chi connectivity index (χ4n) is 5.13. The van der Waals surface area contributed by atoms with Crippen LogP contribution in [0, 0.1) is 12.8 Å². The number of carbonyl (C=O) groups excluding carboxylic acids is 3. The number of alkyl halides is 2. The van der Waals surface area contributed by atoms with Gasteiger partial charge in [-0.15, -0.1) is 0 Å². The molecule has 1 saturated carbocycles. The molecule has 1 aliphatic carbocycles. The lowest BCUT2D eigenvalue weighted by Crippen LogP contribution is -2.45. The molecule has 0 bridgehead atoms. The molecule has 11 heteroatoms. The number of Topliss-reactive ketones (excluding diaryl/α,β-unsaturated/α-hetero) is 1. The van der Waals surface area contributed by atoms with E-state index in [2.05, 4.69) is 45.7 Å². The third kappa shape index (κ3) is 17.8. The minimum atomic E-state index is -2.88. The molecular formula is C36H60F2N6O3. The van der Waals surface area contributed by atoms with E-state index in [1.165, 1.54) is 30.7 Å². The standard InChI is InChI=1S/C19H28F2N4.C7H12O.C6H10N2.C2H6.2CH2O/c1-5-22-18(23-9-10-25-13-11-24(4)12-14-25)16-7-6-8-17(15(16)2)19(3,20)21;1-6(8)7-4-2-3-5-7;1-4-3-6(7)8-5(4)2;3*1-2/h5-8H,1,9-14H2,2-4H3,(H,22,23);7H,2-5H2,1H3;3H2,1-2H3,(H2,7,8);1-2H3;2*1H2. The van der Waals surface area contributed by atoms with Gasteiger partial charge in [0.2, 0.25) is 0 Å². The molecule has 1 aromatic carbocycles. The summed E-state index contributed by atoms with van der Waals surface area (Å²) in [6.07, 6.45) is 7.23. The Morgan fingerprint density at radius 3 is 2.02 bits per heavy atom. The molecule has 4 rings (SSSR count). The Labute approximate surface area is 282 Å². The second-order valence-electron chi connectivity index (χ2n) is 11.3. The summed E-state index contributed by atoms with van der Waals surface area (Å²) in [5.41, 5.74) is 9.07. The number of piperazine rings is 1. The first kappa shape index (κ1) is 45.6. The second-order valence-corrected chi connectivity index (χ2v) is 11.3. The summed E-state index contributed by atoms with van der Waals surface area (Å²) >= 11 is 0. The molecule has 266 valence electrons. The van der Waals surface area contributed by atoms with Gasteiger partial charge in [0.25, 0.3) is 5.92 Å². The zero-order chi connectivity index (χ0) is 36.6. The zero-order valence-corrected chi connectivity index (χ0v) is 30.1. The summed E-state index contributed by atoms with van der Waals surface area (Å²) < 4.78 is 27.6. The Morgan fingerprint density at radius 2 is 1.64 bits per heavy atom. The largest absolute Gasteiger partial charge is 0.387 e. The Balaban J connectivity index is 0. The van der Waals surface area contributed by atoms with Crippen LogP contribution in [0.4, 0.5) is 8.78 Å². The molecule has 0 aromatic heterocycles. The van der Waals surface area contributed by atoms with Crippen molar-refractivity contribution in [1.82, 2.24) is 15.1 Å². The second kappa shape index (κ2) is 25.5. The van der Waals surface area contributed by atoms with E-state index in [4.69, 9.17) is 15.3 Å². The fraction of sp³-hybridized carbons (Fsp3) is 0.583. The van der Waals surface area contributed by atoms with Crippen LogP contribution >= 0.6 is 0 Å². The normalized spacial score (nSPS) is 16.6. The van der Waals surface area contributed by atoms with Crippen LogP contribution in [0.1, 0.15) is 90.3 Å². The number of benzene rings is 1. The fourth-order valence-corrected chi connectivity index (χ4v) is 5.13. The molecule has 47 heavy (non-hydrogen) atoms. The van der Waals surface area contributed by atoms with Gasteiger partial charge < -0.3 is 25.5 Å². The molecular weight excluding hydrogens is 602 g/mol. The first-order valence-corrected chi connectivity index (χ1v) is 16.2. The predicted octanol–water partition coefficient (Wildman–Crippen LogP) is 6.30. The van der Waals surface area contributed by atoms with Crippen molar-refractivity contribution in [3.8, 4) is 0 Å². The Morgan fingerprint density at radius 1 is 1.09 bits per heavy atom. The van der Waals surface area contributed by atoms with Gasteiger partial charge in [-0.05, 0) is 64.9 Å². The van der Waals surface area contributed by atoms with Crippen molar-refractivity contribution in [2.75, 3.05) is 46.3 Å². The molecule has 0 spiro atoms. The molecule has 0 amide bonds. The van der Waals surface area contributed by atoms with E-state index in [1.807, 2.05) is 40.4 Å². The number of carbonyl (C=O) groups is 3. The summed E-state index contributed by atoms with van der Waals surface area (Å²) in [6, 6.07) is 4.93. The lowest BCUT2D eigenvalue weighted by Gasteiger charge is -2.31. The molecule has 2 fully saturated rings. The van der Waals surface area contributed by atoms with Crippen molar-refractivity contribution in [1.29, 1.82) is 0 Å². The smallest absolute Gasteiger partial charge is 0.270 e. The maximum absolute atomic E-state index is 13.8. The van der Waals surface area contributed by atoms with Gasteiger partial charge in [-0.25, -0.2) is 13.8 Å². The first-order chi connectivity index (χ1) is 22.3. The van der Waals surface area contributed by atoms with Crippen LogP contribution in [-0.4, -0.2) is 87.1 Å². The lowest BCUT2D eigenvalue weighted by atomic mass is 9.97. The average molecular weight is 663 g/mol. The number of nitrogens with two attached hydrogens (primary N) is 1. The Hall–Kier alpha value is -3.57. The minimum Gasteiger partial charge on any atom is -0.387 e. The third-order valence-electron chi connectivity index (χ3n) is 7.89. The van der Waals surface area contributed by atoms with Crippen molar-refractivity contribution < 1.29 is 23.2 Å². The van der Waals surface area contributed by atoms with Crippen LogP contribution in [-0.2, 0) is 20.3 Å². The number of halogens is 2. The molecule has 0 atom stereocenters. The van der Waals surface area contributed by atoms with Gasteiger partial charge >= 0.3 is 0 Å². The summed E-state index contributed by atoms with van der Waals surface area (Å²) in [6.45, 7) is 25.7. The number of nitrogens with one attached hydrogen (secondary N) is 1. The van der Waals surface area contributed by atoms with Crippen molar-refractivity contribution in [2.24, 2.45) is 21.6 Å². The highest BCUT2D eigenvalue weighted by Crippen LogP contribution is 2.31. The maximum Gasteiger partial charge on any atom is 0.270 e. The Bertz CT molecular complexity index is 1150. The molecule has 0 unspecified atom stereocenters. The predicted molar refractivity (Wildman–Crippen MR) is 192 cm³/mol. The van der Waals surface area contributed by atoms with Crippen molar-refractivity contribution in [2.45, 2.75) is 86.5 Å². The molecule has 1 aromatic rings. The van der Waals surface area contributed by atoms with E-state index in [0.29, 0.717) is 35.2 Å². The number of aliphatic imine (C=N–C) groups is 2. The van der Waals surface area contributed by atoms with E-state index in [1.54, 1.807) is 19.9 Å². The van der Waals surface area contributed by atoms with Crippen molar-refractivity contribution >= 4 is 31.0 Å². The van der Waals surface area contributed by atoms with E-state index in [9.17, 15) is 13.6 Å². The number of likely N-dealkylation sites (N-methyl/N-ethyl adjacent to an activating group) is 1. The number of rotatable bonds is 7. The molecule has 2 heterocycles. The van der Waals surface area contributed by atoms with Crippen LogP contribution in [0.25, 0.3) is 0 Å². The highest BCUT2D eigenvalue weighted by atomic mass is 19.3. The van der Waals surface area contributed by atoms with Gasteiger partial charge in [-0.3, -0.25) is 14.7 Å². The summed E-state index contributed by atoms with van der Waals surface area (Å²) in [7, 11) is 2.13. The lowest BCUT2D eigenvalue weighted by molar-refractivity contribution is -0.120. The summed E-state index contributed by atoms with van der Waals surface area (Å²) in [5, 5.41) is 3.01. The monoisotopic (exact) mass is 662 g/mol. The van der Waals surface area contributed by atoms with Gasteiger partial charge in [0.1, 0.15) is 31.0 Å². The van der Waals surface area contributed by atoms with Gasteiger partial charge in [0.05, 0.1) is 6.54 Å². The number of nitrogens with zero attached hydrogens (tertiary/aromatic N) is 4. The maximum atomic E-state index is 13.8. The number of allylic oxidation sites excluding steroid dienone is 1. The molecule has 0 radical (unpaired) electrons. The molecule has 3 aliphatic rings. The quantitative estimate of drug-likeness (QED) is 0.260. The number of hydrogen-bond acceptors (Lipinski definition) is 8. The van der Waals surface area contributed by atoms with Crippen molar-refractivity contribution in [3.05, 3.63) is 58.9 Å². The molecule has 9 nitrogen and oxygen atoms in total. The first-order valence-electron chi connectivity index (χ1n) is 16.2. The highest BCUT2D eigenvalue weighted by molar-refractivity contribution is 6.00. The molecule has 3 N–H and O–H groups in total. The van der Waals surface area contributed by atoms with Crippen LogP contribution in [0.15, 0.2) is 52.2 Å². The Kier molecular flexibility index (Phi) is 24.7. The molecule has 1 saturated heterocycles. The van der Waals surface area contributed by atoms with E-state index in [0.717, 1.165) is 70.4 Å². The number of ketones is 1. The number of hydrogen-bond donors (Lipinski definition) is 2. The number of amidine groups is 2. The average Bonchev–Trinajstić information content (AvgIpc) is 3.70. The van der Waals surface area contributed by atoms with Gasteiger partial charge in [0.15, 0.2) is 0 Å².